The summed E-state index contributed by atoms with van der Waals surface area (Å²) in [7, 11) is 0. The largest absolute Gasteiger partial charge is 0.357 e. The van der Waals surface area contributed by atoms with E-state index in [-0.39, 0.29) is 21.1 Å². The van der Waals surface area contributed by atoms with Gasteiger partial charge in [0.15, 0.2) is 0 Å². The molecule has 0 bridgehead atoms. The molecule has 5 heteroatoms. The van der Waals surface area contributed by atoms with E-state index in [1.54, 1.807) is 12.3 Å². The van der Waals surface area contributed by atoms with E-state index >= 15 is 0 Å². The number of carbonyl (C=O) groups excluding carboxylic acids is 2. The standard InChI is InChI=1S/C6H4N2O2.Mo/c9-5-4-3(1-2-7-4)8-6(5)10;/h1-2,7H,(H,8,9,10);. The predicted molar refractivity (Wildman–Crippen MR) is 33.8 cm³/mol. The molecular weight excluding hydrogens is 228 g/mol. The van der Waals surface area contributed by atoms with Gasteiger partial charge in [0, 0.05) is 27.3 Å². The third-order valence-electron chi connectivity index (χ3n) is 1.43. The molecule has 1 aromatic heterocycles. The van der Waals surface area contributed by atoms with E-state index in [1.807, 2.05) is 0 Å². The Morgan fingerprint density at radius 1 is 1.27 bits per heavy atom. The Labute approximate surface area is 76.6 Å². The van der Waals surface area contributed by atoms with Crippen molar-refractivity contribution >= 4 is 17.4 Å². The number of H-pyrrole nitrogens is 1. The first-order valence-electron chi connectivity index (χ1n) is 2.82. The van der Waals surface area contributed by atoms with Crippen molar-refractivity contribution < 1.29 is 30.7 Å². The van der Waals surface area contributed by atoms with Crippen LogP contribution >= 0.6 is 0 Å². The van der Waals surface area contributed by atoms with Gasteiger partial charge in [0.1, 0.15) is 5.69 Å². The maximum Gasteiger partial charge on any atom is 0.298 e. The van der Waals surface area contributed by atoms with Crippen LogP contribution < -0.4 is 5.32 Å². The number of rotatable bonds is 0. The van der Waals surface area contributed by atoms with E-state index in [9.17, 15) is 9.59 Å². The van der Waals surface area contributed by atoms with Crippen molar-refractivity contribution in [1.82, 2.24) is 4.98 Å². The number of anilines is 1. The first-order valence-corrected chi connectivity index (χ1v) is 2.82. The summed E-state index contributed by atoms with van der Waals surface area (Å²) in [6.45, 7) is 0. The van der Waals surface area contributed by atoms with Crippen LogP contribution in [0.2, 0.25) is 0 Å². The Bertz CT molecular complexity index is 318. The van der Waals surface area contributed by atoms with Gasteiger partial charge in [-0.05, 0) is 6.07 Å². The van der Waals surface area contributed by atoms with Crippen LogP contribution in [-0.4, -0.2) is 16.7 Å². The van der Waals surface area contributed by atoms with Crippen LogP contribution in [0.15, 0.2) is 12.3 Å². The van der Waals surface area contributed by atoms with Crippen LogP contribution in [0.25, 0.3) is 0 Å². The van der Waals surface area contributed by atoms with Crippen LogP contribution in [0.4, 0.5) is 5.69 Å². The van der Waals surface area contributed by atoms with Crippen molar-refractivity contribution in [3.63, 3.8) is 0 Å². The van der Waals surface area contributed by atoms with Crippen LogP contribution in [0, 0.1) is 0 Å². The predicted octanol–water partition coefficient (Wildman–Crippen LogP) is 0.147. The molecule has 2 N–H and O–H groups in total. The number of ketones is 1. The topological polar surface area (TPSA) is 62.0 Å². The fraction of sp³-hybridized carbons (Fsp3) is 0. The monoisotopic (exact) mass is 234 g/mol. The second-order valence-electron chi connectivity index (χ2n) is 2.05. The summed E-state index contributed by atoms with van der Waals surface area (Å²) in [5, 5.41) is 2.41. The van der Waals surface area contributed by atoms with Crippen molar-refractivity contribution in [1.29, 1.82) is 0 Å². The van der Waals surface area contributed by atoms with E-state index in [0.29, 0.717) is 11.4 Å². The smallest absolute Gasteiger partial charge is 0.298 e. The molecule has 1 amide bonds. The molecule has 0 fully saturated rings. The molecule has 1 aromatic rings. The summed E-state index contributed by atoms with van der Waals surface area (Å²) < 4.78 is 0. The quantitative estimate of drug-likeness (QED) is 0.494. The van der Waals surface area contributed by atoms with Gasteiger partial charge in [0.2, 0.25) is 0 Å². The molecule has 0 atom stereocenters. The summed E-state index contributed by atoms with van der Waals surface area (Å²) in [5.41, 5.74) is 0.944. The Balaban J connectivity index is 0.000000605. The number of fused-ring (bicyclic) bond motifs is 1. The van der Waals surface area contributed by atoms with Gasteiger partial charge in [0.25, 0.3) is 11.7 Å². The zero-order valence-electron chi connectivity index (χ0n) is 5.38. The molecule has 0 aliphatic carbocycles. The van der Waals surface area contributed by atoms with Crippen LogP contribution in [-0.2, 0) is 25.9 Å². The van der Waals surface area contributed by atoms with E-state index in [0.717, 1.165) is 0 Å². The molecule has 0 saturated heterocycles. The average molecular weight is 232 g/mol. The maximum absolute atomic E-state index is 10.8. The second-order valence-corrected chi connectivity index (χ2v) is 2.05. The number of hydrogen-bond donors (Lipinski definition) is 2. The molecule has 0 spiro atoms. The molecule has 2 heterocycles. The zero-order valence-corrected chi connectivity index (χ0v) is 7.39. The van der Waals surface area contributed by atoms with Crippen molar-refractivity contribution in [2.75, 3.05) is 5.32 Å². The molecule has 4 nitrogen and oxygen atoms in total. The second kappa shape index (κ2) is 2.62. The van der Waals surface area contributed by atoms with E-state index in [2.05, 4.69) is 10.3 Å². The summed E-state index contributed by atoms with van der Waals surface area (Å²) in [6.07, 6.45) is 1.61. The van der Waals surface area contributed by atoms with Gasteiger partial charge in [-0.1, -0.05) is 0 Å². The van der Waals surface area contributed by atoms with Crippen molar-refractivity contribution in [3.05, 3.63) is 18.0 Å². The summed E-state index contributed by atoms with van der Waals surface area (Å²) in [5.74, 6) is -1.04. The van der Waals surface area contributed by atoms with Gasteiger partial charge in [-0.15, -0.1) is 0 Å². The Morgan fingerprint density at radius 3 is 2.64 bits per heavy atom. The molecule has 11 heavy (non-hydrogen) atoms. The van der Waals surface area contributed by atoms with Gasteiger partial charge in [-0.25, -0.2) is 0 Å². The van der Waals surface area contributed by atoms with Gasteiger partial charge in [-0.2, -0.15) is 0 Å². The zero-order chi connectivity index (χ0) is 7.14. The van der Waals surface area contributed by atoms with Crippen molar-refractivity contribution in [2.45, 2.75) is 0 Å². The van der Waals surface area contributed by atoms with Crippen LogP contribution in [0.1, 0.15) is 10.5 Å². The fourth-order valence-corrected chi connectivity index (χ4v) is 0.954. The third kappa shape index (κ3) is 1.03. The number of hydrogen-bond acceptors (Lipinski definition) is 2. The SMILES string of the molecule is O=C1Nc2cc[nH]c2C1=O.[Mo]. The van der Waals surface area contributed by atoms with Gasteiger partial charge < -0.3 is 10.3 Å². The average Bonchev–Trinajstić information content (AvgIpc) is 2.41. The number of carbonyl (C=O) groups is 2. The Kier molecular flexibility index (Phi) is 1.96. The fourth-order valence-electron chi connectivity index (χ4n) is 0.954. The summed E-state index contributed by atoms with van der Waals surface area (Å²) in [6, 6.07) is 1.65. The van der Waals surface area contributed by atoms with E-state index in [1.165, 1.54) is 0 Å². The molecular formula is C6H4MoN2O2. The molecule has 1 aliphatic rings. The molecule has 1 aliphatic heterocycles. The first-order chi connectivity index (χ1) is 4.79. The number of nitrogens with one attached hydrogen (secondary N) is 2. The van der Waals surface area contributed by atoms with Crippen LogP contribution in [0.3, 0.4) is 0 Å². The van der Waals surface area contributed by atoms with Gasteiger partial charge >= 0.3 is 0 Å². The Hall–Kier alpha value is -0.892. The minimum atomic E-state index is -0.554. The van der Waals surface area contributed by atoms with E-state index < -0.39 is 11.7 Å². The molecule has 2 rings (SSSR count). The number of aromatic nitrogens is 1. The Morgan fingerprint density at radius 2 is 2.00 bits per heavy atom. The van der Waals surface area contributed by atoms with Crippen LogP contribution in [0.5, 0.6) is 0 Å². The molecule has 0 aromatic carbocycles. The first kappa shape index (κ1) is 8.21. The van der Waals surface area contributed by atoms with Crippen molar-refractivity contribution in [3.8, 4) is 0 Å². The molecule has 0 unspecified atom stereocenters. The van der Waals surface area contributed by atoms with Gasteiger partial charge in [-0.3, -0.25) is 9.59 Å². The number of Topliss-reactive ketones (excluding diaryl/α,β-unsaturated/α-hetero) is 1. The number of amides is 1. The van der Waals surface area contributed by atoms with Gasteiger partial charge in [0.05, 0.1) is 5.69 Å². The van der Waals surface area contributed by atoms with E-state index in [4.69, 9.17) is 0 Å². The summed E-state index contributed by atoms with van der Waals surface area (Å²) >= 11 is 0. The molecule has 0 saturated carbocycles. The molecule has 0 radical (unpaired) electrons. The minimum Gasteiger partial charge on any atom is -0.357 e. The third-order valence-corrected chi connectivity index (χ3v) is 1.43. The minimum absolute atomic E-state index is 0. The molecule has 56 valence electrons. The normalized spacial score (nSPS) is 13.8. The van der Waals surface area contributed by atoms with Crippen molar-refractivity contribution in [2.24, 2.45) is 0 Å². The maximum atomic E-state index is 10.8. The summed E-state index contributed by atoms with van der Waals surface area (Å²) in [4.78, 5) is 24.1. The number of aromatic amines is 1.